The van der Waals surface area contributed by atoms with E-state index in [1.54, 1.807) is 17.5 Å². The number of aliphatic carboxylic acids is 1. The topological polar surface area (TPSA) is 54.4 Å². The zero-order valence-corrected chi connectivity index (χ0v) is 9.44. The summed E-state index contributed by atoms with van der Waals surface area (Å²) in [4.78, 5) is 10.8. The third-order valence-corrected chi connectivity index (χ3v) is 4.71. The Morgan fingerprint density at radius 1 is 1.71 bits per heavy atom. The summed E-state index contributed by atoms with van der Waals surface area (Å²) in [7, 11) is -1.40. The first-order valence-corrected chi connectivity index (χ1v) is 6.43. The second kappa shape index (κ2) is 5.26. The van der Waals surface area contributed by atoms with Crippen LogP contribution in [0.1, 0.15) is 19.8 Å². The fourth-order valence-electron chi connectivity index (χ4n) is 1.10. The van der Waals surface area contributed by atoms with Crippen molar-refractivity contribution >= 4 is 28.1 Å². The van der Waals surface area contributed by atoms with E-state index in [0.717, 1.165) is 6.42 Å². The first-order valence-electron chi connectivity index (χ1n) is 4.33. The van der Waals surface area contributed by atoms with Gasteiger partial charge < -0.3 is 5.11 Å². The lowest BCUT2D eigenvalue weighted by molar-refractivity contribution is -0.136. The van der Waals surface area contributed by atoms with E-state index in [0.29, 0.717) is 10.6 Å². The molecule has 0 aliphatic carbocycles. The Labute approximate surface area is 89.2 Å². The van der Waals surface area contributed by atoms with Crippen LogP contribution in [0.5, 0.6) is 0 Å². The van der Waals surface area contributed by atoms with E-state index in [1.165, 1.54) is 11.3 Å². The summed E-state index contributed by atoms with van der Waals surface area (Å²) < 4.78 is 12.4. The van der Waals surface area contributed by atoms with Crippen molar-refractivity contribution in [3.05, 3.63) is 17.5 Å². The Morgan fingerprint density at radius 3 is 2.86 bits per heavy atom. The molecule has 0 saturated heterocycles. The molecule has 14 heavy (non-hydrogen) atoms. The highest BCUT2D eigenvalue weighted by atomic mass is 32.2. The summed E-state index contributed by atoms with van der Waals surface area (Å²) in [6.45, 7) is 1.89. The first kappa shape index (κ1) is 11.4. The van der Waals surface area contributed by atoms with E-state index in [2.05, 4.69) is 0 Å². The molecule has 5 heteroatoms. The lowest BCUT2D eigenvalue weighted by atomic mass is 10.2. The van der Waals surface area contributed by atoms with E-state index in [9.17, 15) is 9.00 Å². The van der Waals surface area contributed by atoms with Crippen molar-refractivity contribution in [2.24, 2.45) is 0 Å². The van der Waals surface area contributed by atoms with Gasteiger partial charge in [-0.15, -0.1) is 11.3 Å². The normalized spacial score (nSPS) is 14.9. The molecule has 1 aromatic heterocycles. The van der Waals surface area contributed by atoms with Crippen LogP contribution in [0.3, 0.4) is 0 Å². The maximum Gasteiger partial charge on any atom is 0.319 e. The lowest BCUT2D eigenvalue weighted by Crippen LogP contribution is -2.25. The molecule has 0 radical (unpaired) electrons. The van der Waals surface area contributed by atoms with E-state index in [4.69, 9.17) is 5.11 Å². The predicted molar refractivity (Wildman–Crippen MR) is 57.1 cm³/mol. The van der Waals surface area contributed by atoms with E-state index in [1.807, 2.05) is 6.92 Å². The number of carboxylic acids is 1. The van der Waals surface area contributed by atoms with Gasteiger partial charge in [0, 0.05) is 0 Å². The summed E-state index contributed by atoms with van der Waals surface area (Å²) in [5.41, 5.74) is 0. The maximum absolute atomic E-state index is 11.8. The summed E-state index contributed by atoms with van der Waals surface area (Å²) in [6, 6.07) is 3.50. The molecule has 0 aliphatic rings. The second-order valence-electron chi connectivity index (χ2n) is 2.85. The minimum atomic E-state index is -1.40. The molecule has 0 saturated carbocycles. The Kier molecular flexibility index (Phi) is 4.28. The molecule has 0 spiro atoms. The van der Waals surface area contributed by atoms with Crippen LogP contribution in [-0.4, -0.2) is 20.5 Å². The number of hydrogen-bond donors (Lipinski definition) is 1. The van der Waals surface area contributed by atoms with Gasteiger partial charge >= 0.3 is 5.97 Å². The molecule has 1 aromatic rings. The number of carboxylic acid groups (broad SMARTS) is 1. The van der Waals surface area contributed by atoms with Crippen LogP contribution < -0.4 is 0 Å². The van der Waals surface area contributed by atoms with Gasteiger partial charge in [-0.1, -0.05) is 19.4 Å². The number of hydrogen-bond acceptors (Lipinski definition) is 3. The molecule has 0 bridgehead atoms. The van der Waals surface area contributed by atoms with Crippen LogP contribution in [0, 0.1) is 0 Å². The maximum atomic E-state index is 11.8. The van der Waals surface area contributed by atoms with Crippen molar-refractivity contribution in [2.45, 2.75) is 29.2 Å². The van der Waals surface area contributed by atoms with Crippen LogP contribution in [0.25, 0.3) is 0 Å². The molecule has 1 heterocycles. The van der Waals surface area contributed by atoms with Gasteiger partial charge in [0.1, 0.15) is 5.25 Å². The molecule has 3 nitrogen and oxygen atoms in total. The molecule has 1 rings (SSSR count). The third kappa shape index (κ3) is 2.65. The van der Waals surface area contributed by atoms with E-state index in [-0.39, 0.29) is 0 Å². The summed E-state index contributed by atoms with van der Waals surface area (Å²) >= 11 is 1.34. The SMILES string of the molecule is CCCC(C(=O)O)S(=O)c1cccs1. The van der Waals surface area contributed by atoms with Crippen LogP contribution >= 0.6 is 11.3 Å². The minimum absolute atomic E-state index is 0.458. The minimum Gasteiger partial charge on any atom is -0.480 e. The zero-order chi connectivity index (χ0) is 10.6. The molecule has 2 atom stereocenters. The van der Waals surface area contributed by atoms with Crippen molar-refractivity contribution in [1.82, 2.24) is 0 Å². The van der Waals surface area contributed by atoms with Gasteiger partial charge in [-0.2, -0.15) is 0 Å². The Morgan fingerprint density at radius 2 is 2.43 bits per heavy atom. The fraction of sp³-hybridized carbons (Fsp3) is 0.444. The largest absolute Gasteiger partial charge is 0.480 e. The van der Waals surface area contributed by atoms with Crippen LogP contribution in [-0.2, 0) is 15.6 Å². The highest BCUT2D eigenvalue weighted by molar-refractivity contribution is 7.88. The number of rotatable bonds is 5. The summed E-state index contributed by atoms with van der Waals surface area (Å²) in [6.07, 6.45) is 1.19. The van der Waals surface area contributed by atoms with Crippen molar-refractivity contribution in [3.63, 3.8) is 0 Å². The average molecular weight is 232 g/mol. The van der Waals surface area contributed by atoms with Gasteiger partial charge in [0.15, 0.2) is 0 Å². The van der Waals surface area contributed by atoms with Crippen LogP contribution in [0.2, 0.25) is 0 Å². The molecule has 78 valence electrons. The van der Waals surface area contributed by atoms with Gasteiger partial charge in [0.05, 0.1) is 15.0 Å². The molecular formula is C9H12O3S2. The third-order valence-electron chi connectivity index (χ3n) is 1.78. The zero-order valence-electron chi connectivity index (χ0n) is 7.80. The van der Waals surface area contributed by atoms with E-state index < -0.39 is 22.0 Å². The molecule has 1 N–H and O–H groups in total. The van der Waals surface area contributed by atoms with Crippen molar-refractivity contribution in [2.75, 3.05) is 0 Å². The quantitative estimate of drug-likeness (QED) is 0.846. The highest BCUT2D eigenvalue weighted by Crippen LogP contribution is 2.20. The summed E-state index contributed by atoms with van der Waals surface area (Å²) in [5.74, 6) is -0.974. The van der Waals surface area contributed by atoms with Gasteiger partial charge in [0.25, 0.3) is 0 Å². The Hall–Kier alpha value is -0.680. The second-order valence-corrected chi connectivity index (χ2v) is 5.65. The monoisotopic (exact) mass is 232 g/mol. The smallest absolute Gasteiger partial charge is 0.319 e. The molecule has 2 unspecified atom stereocenters. The fourth-order valence-corrected chi connectivity index (χ4v) is 3.57. The van der Waals surface area contributed by atoms with Gasteiger partial charge in [0.2, 0.25) is 0 Å². The van der Waals surface area contributed by atoms with Gasteiger partial charge in [-0.3, -0.25) is 9.00 Å². The number of carbonyl (C=O) groups is 1. The molecular weight excluding hydrogens is 220 g/mol. The lowest BCUT2D eigenvalue weighted by Gasteiger charge is -2.08. The van der Waals surface area contributed by atoms with Crippen molar-refractivity contribution in [1.29, 1.82) is 0 Å². The summed E-state index contributed by atoms with van der Waals surface area (Å²) in [5, 5.41) is 9.92. The predicted octanol–water partition coefficient (Wildman–Crippen LogP) is 2.11. The Bertz CT molecular complexity index is 319. The van der Waals surface area contributed by atoms with Crippen LogP contribution in [0.4, 0.5) is 0 Å². The molecule has 0 aromatic carbocycles. The van der Waals surface area contributed by atoms with Gasteiger partial charge in [-0.05, 0) is 17.9 Å². The number of thiophene rings is 1. The highest BCUT2D eigenvalue weighted by Gasteiger charge is 2.25. The van der Waals surface area contributed by atoms with Crippen molar-refractivity contribution in [3.8, 4) is 0 Å². The molecule has 0 aliphatic heterocycles. The van der Waals surface area contributed by atoms with Gasteiger partial charge in [-0.25, -0.2) is 0 Å². The van der Waals surface area contributed by atoms with Crippen LogP contribution in [0.15, 0.2) is 21.7 Å². The van der Waals surface area contributed by atoms with E-state index >= 15 is 0 Å². The first-order chi connectivity index (χ1) is 6.66. The Balaban J connectivity index is 2.79. The van der Waals surface area contributed by atoms with Crippen molar-refractivity contribution < 1.29 is 14.1 Å². The molecule has 0 amide bonds. The average Bonchev–Trinajstić information content (AvgIpc) is 2.65. The molecule has 0 fully saturated rings. The standard InChI is InChI=1S/C9H12O3S2/c1-2-4-7(9(10)11)14(12)8-5-3-6-13-8/h3,5-7H,2,4H2,1H3,(H,10,11).